The molecule has 0 amide bonds. The average Bonchev–Trinajstić information content (AvgIpc) is 2.51. The number of aromatic nitrogens is 2. The molecule has 1 fully saturated rings. The molecule has 0 aliphatic heterocycles. The lowest BCUT2D eigenvalue weighted by Gasteiger charge is -2.20. The van der Waals surface area contributed by atoms with Gasteiger partial charge in [-0.3, -0.25) is 9.48 Å². The minimum Gasteiger partial charge on any atom is -0.300 e. The molecule has 1 atom stereocenters. The standard InChI is InChI=1S/C10H14N2O/c1-12-10(5-6-11-12)8-3-2-4-9(13)7-8/h5-6,8H,2-4,7H2,1H3/t8-/m0/s1. The molecule has 1 aromatic rings. The van der Waals surface area contributed by atoms with Crippen LogP contribution in [0.15, 0.2) is 12.3 Å². The third-order valence-corrected chi connectivity index (χ3v) is 2.76. The lowest BCUT2D eigenvalue weighted by Crippen LogP contribution is -2.15. The van der Waals surface area contributed by atoms with E-state index in [0.717, 1.165) is 19.3 Å². The van der Waals surface area contributed by atoms with Gasteiger partial charge in [0.15, 0.2) is 0 Å². The Labute approximate surface area is 77.7 Å². The maximum Gasteiger partial charge on any atom is 0.133 e. The minimum absolute atomic E-state index is 0.400. The average molecular weight is 178 g/mol. The van der Waals surface area contributed by atoms with E-state index in [1.165, 1.54) is 5.69 Å². The van der Waals surface area contributed by atoms with Crippen LogP contribution < -0.4 is 0 Å². The number of aryl methyl sites for hydroxylation is 1. The van der Waals surface area contributed by atoms with Crippen LogP contribution in [0.25, 0.3) is 0 Å². The van der Waals surface area contributed by atoms with E-state index in [4.69, 9.17) is 0 Å². The summed E-state index contributed by atoms with van der Waals surface area (Å²) in [7, 11) is 1.94. The Hall–Kier alpha value is -1.12. The molecule has 1 aliphatic carbocycles. The van der Waals surface area contributed by atoms with Crippen LogP contribution in [0.3, 0.4) is 0 Å². The lowest BCUT2D eigenvalue weighted by molar-refractivity contribution is -0.120. The first-order valence-corrected chi connectivity index (χ1v) is 4.77. The molecule has 3 heteroatoms. The quantitative estimate of drug-likeness (QED) is 0.655. The van der Waals surface area contributed by atoms with E-state index in [-0.39, 0.29) is 0 Å². The summed E-state index contributed by atoms with van der Waals surface area (Å²) in [6, 6.07) is 2.02. The lowest BCUT2D eigenvalue weighted by atomic mass is 9.86. The first kappa shape index (κ1) is 8.48. The summed E-state index contributed by atoms with van der Waals surface area (Å²) in [4.78, 5) is 11.3. The van der Waals surface area contributed by atoms with Crippen LogP contribution in [0, 0.1) is 0 Å². The van der Waals surface area contributed by atoms with Crippen molar-refractivity contribution in [1.29, 1.82) is 0 Å². The van der Waals surface area contributed by atoms with Crippen molar-refractivity contribution in [3.8, 4) is 0 Å². The molecule has 1 aromatic heterocycles. The zero-order valence-electron chi connectivity index (χ0n) is 7.86. The molecule has 0 radical (unpaired) electrons. The van der Waals surface area contributed by atoms with E-state index in [2.05, 4.69) is 5.10 Å². The molecule has 0 aromatic carbocycles. The molecule has 0 saturated heterocycles. The Kier molecular flexibility index (Phi) is 2.17. The maximum absolute atomic E-state index is 11.3. The molecule has 3 nitrogen and oxygen atoms in total. The zero-order chi connectivity index (χ0) is 9.26. The van der Waals surface area contributed by atoms with Gasteiger partial charge in [-0.2, -0.15) is 5.10 Å². The first-order valence-electron chi connectivity index (χ1n) is 4.77. The van der Waals surface area contributed by atoms with E-state index < -0.39 is 0 Å². The summed E-state index contributed by atoms with van der Waals surface area (Å²) < 4.78 is 1.88. The van der Waals surface area contributed by atoms with Crippen LogP contribution in [0.2, 0.25) is 0 Å². The van der Waals surface area contributed by atoms with Crippen LogP contribution >= 0.6 is 0 Å². The summed E-state index contributed by atoms with van der Waals surface area (Å²) in [6.45, 7) is 0. The summed E-state index contributed by atoms with van der Waals surface area (Å²) >= 11 is 0. The van der Waals surface area contributed by atoms with Gasteiger partial charge in [-0.05, 0) is 18.9 Å². The number of Topliss-reactive ketones (excluding diaryl/α,β-unsaturated/α-hetero) is 1. The van der Waals surface area contributed by atoms with Crippen LogP contribution in [-0.4, -0.2) is 15.6 Å². The van der Waals surface area contributed by atoms with E-state index >= 15 is 0 Å². The maximum atomic E-state index is 11.3. The molecule has 1 heterocycles. The van der Waals surface area contributed by atoms with E-state index in [0.29, 0.717) is 18.1 Å². The number of hydrogen-bond acceptors (Lipinski definition) is 2. The fraction of sp³-hybridized carbons (Fsp3) is 0.600. The highest BCUT2D eigenvalue weighted by atomic mass is 16.1. The Morgan fingerprint density at radius 3 is 3.08 bits per heavy atom. The summed E-state index contributed by atoms with van der Waals surface area (Å²) in [6.07, 6.45) is 5.45. The Morgan fingerprint density at radius 1 is 1.62 bits per heavy atom. The first-order chi connectivity index (χ1) is 6.27. The highest BCUT2D eigenvalue weighted by Crippen LogP contribution is 2.30. The van der Waals surface area contributed by atoms with Crippen molar-refractivity contribution < 1.29 is 4.79 Å². The number of hydrogen-bond donors (Lipinski definition) is 0. The number of carbonyl (C=O) groups is 1. The molecule has 70 valence electrons. The van der Waals surface area contributed by atoms with Gasteiger partial charge in [0.2, 0.25) is 0 Å². The van der Waals surface area contributed by atoms with Gasteiger partial charge in [-0.15, -0.1) is 0 Å². The van der Waals surface area contributed by atoms with Gasteiger partial charge in [-0.1, -0.05) is 0 Å². The van der Waals surface area contributed by atoms with Crippen LogP contribution in [-0.2, 0) is 11.8 Å². The van der Waals surface area contributed by atoms with Crippen molar-refractivity contribution in [1.82, 2.24) is 9.78 Å². The second-order valence-electron chi connectivity index (χ2n) is 3.71. The molecule has 13 heavy (non-hydrogen) atoms. The summed E-state index contributed by atoms with van der Waals surface area (Å²) in [5.74, 6) is 0.811. The van der Waals surface area contributed by atoms with Gasteiger partial charge >= 0.3 is 0 Å². The highest BCUT2D eigenvalue weighted by Gasteiger charge is 2.22. The summed E-state index contributed by atoms with van der Waals surface area (Å²) in [5.41, 5.74) is 1.20. The fourth-order valence-corrected chi connectivity index (χ4v) is 2.06. The van der Waals surface area contributed by atoms with Gasteiger partial charge in [0.25, 0.3) is 0 Å². The summed E-state index contributed by atoms with van der Waals surface area (Å²) in [5, 5.41) is 4.12. The largest absolute Gasteiger partial charge is 0.300 e. The fourth-order valence-electron chi connectivity index (χ4n) is 2.06. The second kappa shape index (κ2) is 3.32. The van der Waals surface area contributed by atoms with Gasteiger partial charge < -0.3 is 0 Å². The number of nitrogens with zero attached hydrogens (tertiary/aromatic N) is 2. The third kappa shape index (κ3) is 1.64. The molecular formula is C10H14N2O. The van der Waals surface area contributed by atoms with Crippen molar-refractivity contribution >= 4 is 5.78 Å². The van der Waals surface area contributed by atoms with Crippen LogP contribution in [0.5, 0.6) is 0 Å². The predicted octanol–water partition coefficient (Wildman–Crippen LogP) is 1.65. The van der Waals surface area contributed by atoms with Crippen molar-refractivity contribution in [3.63, 3.8) is 0 Å². The normalized spacial score (nSPS) is 23.5. The molecule has 0 spiro atoms. The van der Waals surface area contributed by atoms with Crippen LogP contribution in [0.4, 0.5) is 0 Å². The minimum atomic E-state index is 0.400. The molecule has 0 bridgehead atoms. The molecule has 0 N–H and O–H groups in total. The Balaban J connectivity index is 2.17. The van der Waals surface area contributed by atoms with E-state index in [9.17, 15) is 4.79 Å². The van der Waals surface area contributed by atoms with Gasteiger partial charge in [0, 0.05) is 37.7 Å². The number of carbonyl (C=O) groups excluding carboxylic acids is 1. The smallest absolute Gasteiger partial charge is 0.133 e. The van der Waals surface area contributed by atoms with Gasteiger partial charge in [0.05, 0.1) is 0 Å². The van der Waals surface area contributed by atoms with Gasteiger partial charge in [0.1, 0.15) is 5.78 Å². The molecule has 1 aliphatic rings. The topological polar surface area (TPSA) is 34.9 Å². The number of rotatable bonds is 1. The molecule has 0 unspecified atom stereocenters. The van der Waals surface area contributed by atoms with Crippen molar-refractivity contribution in [2.24, 2.45) is 7.05 Å². The van der Waals surface area contributed by atoms with Crippen molar-refractivity contribution in [2.75, 3.05) is 0 Å². The second-order valence-corrected chi connectivity index (χ2v) is 3.71. The highest BCUT2D eigenvalue weighted by molar-refractivity contribution is 5.79. The number of ketones is 1. The Morgan fingerprint density at radius 2 is 2.46 bits per heavy atom. The van der Waals surface area contributed by atoms with Crippen LogP contribution in [0.1, 0.15) is 37.3 Å². The van der Waals surface area contributed by atoms with Gasteiger partial charge in [-0.25, -0.2) is 0 Å². The molecular weight excluding hydrogens is 164 g/mol. The van der Waals surface area contributed by atoms with Crippen molar-refractivity contribution in [3.05, 3.63) is 18.0 Å². The van der Waals surface area contributed by atoms with E-state index in [1.807, 2.05) is 17.8 Å². The Bertz CT molecular complexity index is 316. The molecule has 2 rings (SSSR count). The predicted molar refractivity (Wildman–Crippen MR) is 49.4 cm³/mol. The van der Waals surface area contributed by atoms with E-state index in [1.54, 1.807) is 6.20 Å². The third-order valence-electron chi connectivity index (χ3n) is 2.76. The monoisotopic (exact) mass is 178 g/mol. The SMILES string of the molecule is Cn1nccc1[C@H]1CCCC(=O)C1. The zero-order valence-corrected chi connectivity index (χ0v) is 7.86. The van der Waals surface area contributed by atoms with Crippen molar-refractivity contribution in [2.45, 2.75) is 31.6 Å². The molecule has 1 saturated carbocycles.